The molecule has 0 aliphatic carbocycles. The van der Waals surface area contributed by atoms with Gasteiger partial charge in [-0.15, -0.1) is 0 Å². The van der Waals surface area contributed by atoms with E-state index in [4.69, 9.17) is 9.47 Å². The maximum absolute atomic E-state index is 5.50. The number of rotatable bonds is 3. The van der Waals surface area contributed by atoms with Gasteiger partial charge in [0.25, 0.3) is 0 Å². The zero-order valence-corrected chi connectivity index (χ0v) is 12.2. The Hall–Kier alpha value is -1.96. The van der Waals surface area contributed by atoms with Crippen LogP contribution in [0.2, 0.25) is 0 Å². The number of benzene rings is 2. The fourth-order valence-corrected chi connectivity index (χ4v) is 2.67. The summed E-state index contributed by atoms with van der Waals surface area (Å²) >= 11 is 0. The highest BCUT2D eigenvalue weighted by Gasteiger charge is 2.16. The van der Waals surface area contributed by atoms with Gasteiger partial charge in [-0.05, 0) is 49.6 Å². The molecular weight excluding hydrogens is 236 g/mol. The quantitative estimate of drug-likeness (QED) is 0.815. The zero-order valence-electron chi connectivity index (χ0n) is 12.2. The summed E-state index contributed by atoms with van der Waals surface area (Å²) in [6.45, 7) is 6.37. The average molecular weight is 256 g/mol. The van der Waals surface area contributed by atoms with Crippen molar-refractivity contribution in [1.29, 1.82) is 0 Å². The zero-order chi connectivity index (χ0) is 14.0. The maximum atomic E-state index is 5.50. The SMILES string of the molecule is COc1cccc(OC)c1-c1c(C)cc(C)cc1C. The van der Waals surface area contributed by atoms with E-state index in [2.05, 4.69) is 32.9 Å². The molecular formula is C17H20O2. The largest absolute Gasteiger partial charge is 0.496 e. The smallest absolute Gasteiger partial charge is 0.130 e. The molecule has 2 aromatic rings. The summed E-state index contributed by atoms with van der Waals surface area (Å²) in [5.41, 5.74) is 5.97. The van der Waals surface area contributed by atoms with Gasteiger partial charge in [0.2, 0.25) is 0 Å². The molecule has 0 spiro atoms. The third-order valence-corrected chi connectivity index (χ3v) is 3.35. The topological polar surface area (TPSA) is 18.5 Å². The summed E-state index contributed by atoms with van der Waals surface area (Å²) in [7, 11) is 3.38. The maximum Gasteiger partial charge on any atom is 0.130 e. The first-order valence-electron chi connectivity index (χ1n) is 6.37. The molecule has 0 heterocycles. The van der Waals surface area contributed by atoms with Crippen molar-refractivity contribution in [2.75, 3.05) is 14.2 Å². The summed E-state index contributed by atoms with van der Waals surface area (Å²) in [6, 6.07) is 10.3. The van der Waals surface area contributed by atoms with Crippen LogP contribution < -0.4 is 9.47 Å². The van der Waals surface area contributed by atoms with Gasteiger partial charge in [-0.25, -0.2) is 0 Å². The lowest BCUT2D eigenvalue weighted by molar-refractivity contribution is 0.397. The van der Waals surface area contributed by atoms with Crippen molar-refractivity contribution in [3.63, 3.8) is 0 Å². The Kier molecular flexibility index (Phi) is 3.79. The Labute approximate surface area is 115 Å². The Bertz CT molecular complexity index is 555. The predicted octanol–water partition coefficient (Wildman–Crippen LogP) is 4.30. The lowest BCUT2D eigenvalue weighted by Crippen LogP contribution is -1.97. The van der Waals surface area contributed by atoms with Gasteiger partial charge in [-0.1, -0.05) is 23.8 Å². The van der Waals surface area contributed by atoms with Crippen LogP contribution in [0.25, 0.3) is 11.1 Å². The summed E-state index contributed by atoms with van der Waals surface area (Å²) < 4.78 is 11.0. The predicted molar refractivity (Wildman–Crippen MR) is 79.2 cm³/mol. The first-order valence-corrected chi connectivity index (χ1v) is 6.37. The molecule has 2 heteroatoms. The van der Waals surface area contributed by atoms with Crippen molar-refractivity contribution >= 4 is 0 Å². The molecule has 0 fully saturated rings. The molecule has 0 aliphatic heterocycles. The van der Waals surface area contributed by atoms with E-state index in [0.717, 1.165) is 17.1 Å². The summed E-state index contributed by atoms with van der Waals surface area (Å²) in [6.07, 6.45) is 0. The van der Waals surface area contributed by atoms with E-state index < -0.39 is 0 Å². The van der Waals surface area contributed by atoms with E-state index >= 15 is 0 Å². The van der Waals surface area contributed by atoms with Crippen LogP contribution in [0.5, 0.6) is 11.5 Å². The molecule has 100 valence electrons. The van der Waals surface area contributed by atoms with Crippen LogP contribution in [-0.4, -0.2) is 14.2 Å². The average Bonchev–Trinajstić information content (AvgIpc) is 2.37. The van der Waals surface area contributed by atoms with Gasteiger partial charge in [0.05, 0.1) is 19.8 Å². The second kappa shape index (κ2) is 5.35. The number of aryl methyl sites for hydroxylation is 3. The Morgan fingerprint density at radius 1 is 0.737 bits per heavy atom. The van der Waals surface area contributed by atoms with Crippen molar-refractivity contribution in [3.8, 4) is 22.6 Å². The molecule has 0 aliphatic rings. The van der Waals surface area contributed by atoms with Crippen molar-refractivity contribution in [1.82, 2.24) is 0 Å². The Morgan fingerprint density at radius 2 is 1.21 bits per heavy atom. The van der Waals surface area contributed by atoms with E-state index in [0.29, 0.717) is 0 Å². The molecule has 0 radical (unpaired) electrons. The molecule has 2 aromatic carbocycles. The number of hydrogen-bond acceptors (Lipinski definition) is 2. The van der Waals surface area contributed by atoms with Gasteiger partial charge in [-0.2, -0.15) is 0 Å². The summed E-state index contributed by atoms with van der Waals surface area (Å²) in [5, 5.41) is 0. The van der Waals surface area contributed by atoms with E-state index in [1.54, 1.807) is 14.2 Å². The molecule has 0 saturated carbocycles. The van der Waals surface area contributed by atoms with Crippen LogP contribution in [0.1, 0.15) is 16.7 Å². The van der Waals surface area contributed by atoms with Crippen molar-refractivity contribution in [2.24, 2.45) is 0 Å². The van der Waals surface area contributed by atoms with Gasteiger partial charge in [0.15, 0.2) is 0 Å². The first kappa shape index (κ1) is 13.5. The van der Waals surface area contributed by atoms with E-state index in [-0.39, 0.29) is 0 Å². The molecule has 0 bridgehead atoms. The van der Waals surface area contributed by atoms with Crippen molar-refractivity contribution < 1.29 is 9.47 Å². The molecule has 19 heavy (non-hydrogen) atoms. The number of ether oxygens (including phenoxy) is 2. The van der Waals surface area contributed by atoms with Gasteiger partial charge in [-0.3, -0.25) is 0 Å². The molecule has 2 nitrogen and oxygen atoms in total. The van der Waals surface area contributed by atoms with Crippen LogP contribution in [0.4, 0.5) is 0 Å². The Morgan fingerprint density at radius 3 is 1.63 bits per heavy atom. The summed E-state index contributed by atoms with van der Waals surface area (Å²) in [4.78, 5) is 0. The standard InChI is InChI=1S/C17H20O2/c1-11-9-12(2)16(13(3)10-11)17-14(18-4)7-6-8-15(17)19-5/h6-10H,1-5H3. The Balaban J connectivity index is 2.78. The normalized spacial score (nSPS) is 10.4. The molecule has 0 saturated heterocycles. The third-order valence-electron chi connectivity index (χ3n) is 3.35. The highest BCUT2D eigenvalue weighted by molar-refractivity contribution is 5.81. The van der Waals surface area contributed by atoms with E-state index in [1.807, 2.05) is 18.2 Å². The highest BCUT2D eigenvalue weighted by atomic mass is 16.5. The van der Waals surface area contributed by atoms with Crippen LogP contribution in [0.3, 0.4) is 0 Å². The minimum absolute atomic E-state index is 0.842. The van der Waals surface area contributed by atoms with Crippen LogP contribution in [-0.2, 0) is 0 Å². The van der Waals surface area contributed by atoms with Gasteiger partial charge >= 0.3 is 0 Å². The minimum atomic E-state index is 0.842. The molecule has 2 rings (SSSR count). The second-order valence-corrected chi connectivity index (χ2v) is 4.81. The van der Waals surface area contributed by atoms with E-state index in [9.17, 15) is 0 Å². The van der Waals surface area contributed by atoms with Gasteiger partial charge in [0, 0.05) is 0 Å². The third kappa shape index (κ3) is 2.43. The van der Waals surface area contributed by atoms with Crippen LogP contribution >= 0.6 is 0 Å². The fourth-order valence-electron chi connectivity index (χ4n) is 2.67. The van der Waals surface area contributed by atoms with Crippen LogP contribution in [0, 0.1) is 20.8 Å². The first-order chi connectivity index (χ1) is 9.08. The van der Waals surface area contributed by atoms with Crippen molar-refractivity contribution in [2.45, 2.75) is 20.8 Å². The lowest BCUT2D eigenvalue weighted by atomic mass is 9.92. The molecule has 0 N–H and O–H groups in total. The van der Waals surface area contributed by atoms with Gasteiger partial charge in [0.1, 0.15) is 11.5 Å². The van der Waals surface area contributed by atoms with Crippen molar-refractivity contribution in [3.05, 3.63) is 47.0 Å². The second-order valence-electron chi connectivity index (χ2n) is 4.81. The molecule has 0 amide bonds. The monoisotopic (exact) mass is 256 g/mol. The summed E-state index contributed by atoms with van der Waals surface area (Å²) in [5.74, 6) is 1.68. The van der Waals surface area contributed by atoms with Crippen LogP contribution in [0.15, 0.2) is 30.3 Å². The molecule has 0 aromatic heterocycles. The lowest BCUT2D eigenvalue weighted by Gasteiger charge is -2.17. The van der Waals surface area contributed by atoms with Gasteiger partial charge < -0.3 is 9.47 Å². The van der Waals surface area contributed by atoms with E-state index in [1.165, 1.54) is 22.3 Å². The fraction of sp³-hybridized carbons (Fsp3) is 0.294. The highest BCUT2D eigenvalue weighted by Crippen LogP contribution is 2.41. The molecule has 0 atom stereocenters. The minimum Gasteiger partial charge on any atom is -0.496 e. The number of hydrogen-bond donors (Lipinski definition) is 0. The number of methoxy groups -OCH3 is 2. The molecule has 0 unspecified atom stereocenters.